The number of anilines is 1. The zero-order valence-electron chi connectivity index (χ0n) is 9.90. The van der Waals surface area contributed by atoms with Crippen molar-refractivity contribution in [3.63, 3.8) is 0 Å². The highest BCUT2D eigenvalue weighted by atomic mass is 16.1. The molecule has 1 aromatic carbocycles. The zero-order chi connectivity index (χ0) is 12.4. The fourth-order valence-electron chi connectivity index (χ4n) is 1.77. The second-order valence-corrected chi connectivity index (χ2v) is 4.30. The fourth-order valence-corrected chi connectivity index (χ4v) is 1.77. The van der Waals surface area contributed by atoms with Crippen molar-refractivity contribution in [1.29, 1.82) is 0 Å². The summed E-state index contributed by atoms with van der Waals surface area (Å²) in [6.07, 6.45) is 1.63. The Kier molecular flexibility index (Phi) is 2.95. The number of hydrogen-bond donors (Lipinski definition) is 2. The van der Waals surface area contributed by atoms with Crippen LogP contribution in [0.15, 0.2) is 35.3 Å². The molecule has 0 amide bonds. The molecule has 88 valence electrons. The Morgan fingerprint density at radius 2 is 2.12 bits per heavy atom. The van der Waals surface area contributed by atoms with Crippen LogP contribution in [0.3, 0.4) is 0 Å². The van der Waals surface area contributed by atoms with Gasteiger partial charge in [-0.3, -0.25) is 0 Å². The maximum Gasteiger partial charge on any atom is 0.345 e. The van der Waals surface area contributed by atoms with E-state index in [4.69, 9.17) is 5.73 Å². The number of nitrogens with zero attached hydrogens (tertiary/aromatic N) is 1. The summed E-state index contributed by atoms with van der Waals surface area (Å²) >= 11 is 0. The molecule has 3 N–H and O–H groups in total. The minimum Gasteiger partial charge on any atom is -0.399 e. The normalized spacial score (nSPS) is 10.8. The summed E-state index contributed by atoms with van der Waals surface area (Å²) in [7, 11) is 0. The van der Waals surface area contributed by atoms with E-state index in [-0.39, 0.29) is 11.6 Å². The molecule has 0 aliphatic rings. The highest BCUT2D eigenvalue weighted by molar-refractivity contribution is 5.66. The molecule has 17 heavy (non-hydrogen) atoms. The van der Waals surface area contributed by atoms with Crippen molar-refractivity contribution < 1.29 is 0 Å². The number of aromatic nitrogens is 2. The molecule has 0 aliphatic carbocycles. The van der Waals surface area contributed by atoms with Gasteiger partial charge in [-0.25, -0.2) is 9.78 Å². The van der Waals surface area contributed by atoms with Gasteiger partial charge in [0.25, 0.3) is 0 Å². The van der Waals surface area contributed by atoms with E-state index in [0.29, 0.717) is 5.69 Å². The van der Waals surface area contributed by atoms with Gasteiger partial charge < -0.3 is 10.7 Å². The molecular formula is C13H15N3O. The van der Waals surface area contributed by atoms with Gasteiger partial charge in [0.2, 0.25) is 0 Å². The van der Waals surface area contributed by atoms with Crippen LogP contribution >= 0.6 is 0 Å². The van der Waals surface area contributed by atoms with E-state index in [1.807, 2.05) is 24.3 Å². The monoisotopic (exact) mass is 229 g/mol. The second-order valence-electron chi connectivity index (χ2n) is 4.30. The molecule has 0 atom stereocenters. The van der Waals surface area contributed by atoms with Crippen LogP contribution in [0.5, 0.6) is 0 Å². The topological polar surface area (TPSA) is 71.8 Å². The molecule has 0 saturated carbocycles. The molecule has 2 aromatic rings. The Morgan fingerprint density at radius 1 is 1.35 bits per heavy atom. The summed E-state index contributed by atoms with van der Waals surface area (Å²) in [5.41, 5.74) is 8.81. The van der Waals surface area contributed by atoms with Crippen LogP contribution in [-0.4, -0.2) is 9.97 Å². The second kappa shape index (κ2) is 4.41. The average molecular weight is 229 g/mol. The summed E-state index contributed by atoms with van der Waals surface area (Å²) in [5.74, 6) is 0.288. The standard InChI is InChI=1S/C13H15N3O/c1-8(2)11-7-15-13(17)16-12(11)9-4-3-5-10(14)6-9/h3-8H,14H2,1-2H3,(H,15,16,17). The van der Waals surface area contributed by atoms with E-state index in [1.54, 1.807) is 6.20 Å². The summed E-state index contributed by atoms with van der Waals surface area (Å²) in [5, 5.41) is 0. The molecule has 0 aliphatic heterocycles. The molecule has 0 bridgehead atoms. The summed E-state index contributed by atoms with van der Waals surface area (Å²) in [4.78, 5) is 17.9. The van der Waals surface area contributed by atoms with E-state index in [2.05, 4.69) is 23.8 Å². The van der Waals surface area contributed by atoms with Crippen molar-refractivity contribution >= 4 is 5.69 Å². The average Bonchev–Trinajstić information content (AvgIpc) is 2.28. The van der Waals surface area contributed by atoms with Gasteiger partial charge in [0.05, 0.1) is 5.69 Å². The quantitative estimate of drug-likeness (QED) is 0.775. The molecule has 0 unspecified atom stereocenters. The number of nitrogen functional groups attached to an aromatic ring is 1. The molecule has 1 heterocycles. The summed E-state index contributed by atoms with van der Waals surface area (Å²) in [6.45, 7) is 4.12. The third-order valence-electron chi connectivity index (χ3n) is 2.64. The Hall–Kier alpha value is -2.10. The first-order chi connectivity index (χ1) is 8.08. The van der Waals surface area contributed by atoms with E-state index in [1.165, 1.54) is 0 Å². The highest BCUT2D eigenvalue weighted by Crippen LogP contribution is 2.26. The number of aromatic amines is 1. The number of rotatable bonds is 2. The molecular weight excluding hydrogens is 214 g/mol. The molecule has 2 rings (SSSR count). The Morgan fingerprint density at radius 3 is 2.76 bits per heavy atom. The Labute approximate surface area is 99.5 Å². The number of nitrogens with one attached hydrogen (secondary N) is 1. The lowest BCUT2D eigenvalue weighted by molar-refractivity contribution is 0.842. The van der Waals surface area contributed by atoms with Crippen molar-refractivity contribution in [2.75, 3.05) is 5.73 Å². The first-order valence-electron chi connectivity index (χ1n) is 5.53. The number of hydrogen-bond acceptors (Lipinski definition) is 3. The largest absolute Gasteiger partial charge is 0.399 e. The smallest absolute Gasteiger partial charge is 0.345 e. The van der Waals surface area contributed by atoms with Crippen molar-refractivity contribution in [2.45, 2.75) is 19.8 Å². The predicted molar refractivity (Wildman–Crippen MR) is 68.8 cm³/mol. The molecule has 4 nitrogen and oxygen atoms in total. The number of benzene rings is 1. The lowest BCUT2D eigenvalue weighted by atomic mass is 9.98. The van der Waals surface area contributed by atoms with Crippen molar-refractivity contribution in [1.82, 2.24) is 9.97 Å². The maximum atomic E-state index is 11.3. The van der Waals surface area contributed by atoms with Crippen LogP contribution in [-0.2, 0) is 0 Å². The van der Waals surface area contributed by atoms with Gasteiger partial charge in [-0.1, -0.05) is 26.0 Å². The van der Waals surface area contributed by atoms with Crippen LogP contribution in [0, 0.1) is 0 Å². The number of nitrogens with two attached hydrogens (primary N) is 1. The van der Waals surface area contributed by atoms with Crippen LogP contribution in [0.1, 0.15) is 25.3 Å². The Bertz CT molecular complexity index is 587. The predicted octanol–water partition coefficient (Wildman–Crippen LogP) is 2.14. The van der Waals surface area contributed by atoms with Crippen LogP contribution < -0.4 is 11.4 Å². The molecule has 0 radical (unpaired) electrons. The molecule has 4 heteroatoms. The zero-order valence-corrected chi connectivity index (χ0v) is 9.90. The van der Waals surface area contributed by atoms with Crippen LogP contribution in [0.2, 0.25) is 0 Å². The third-order valence-corrected chi connectivity index (χ3v) is 2.64. The minimum absolute atomic E-state index is 0.288. The van der Waals surface area contributed by atoms with Crippen molar-refractivity contribution in [3.8, 4) is 11.3 Å². The lowest BCUT2D eigenvalue weighted by Gasteiger charge is -2.11. The van der Waals surface area contributed by atoms with Crippen molar-refractivity contribution in [3.05, 3.63) is 46.5 Å². The van der Waals surface area contributed by atoms with Crippen LogP contribution in [0.25, 0.3) is 11.3 Å². The first-order valence-corrected chi connectivity index (χ1v) is 5.53. The first kappa shape index (κ1) is 11.4. The van der Waals surface area contributed by atoms with E-state index in [9.17, 15) is 4.79 Å². The molecule has 0 spiro atoms. The van der Waals surface area contributed by atoms with Gasteiger partial charge in [-0.05, 0) is 23.6 Å². The lowest BCUT2D eigenvalue weighted by Crippen LogP contribution is -2.13. The molecule has 1 aromatic heterocycles. The van der Waals surface area contributed by atoms with Gasteiger partial charge in [-0.15, -0.1) is 0 Å². The van der Waals surface area contributed by atoms with E-state index < -0.39 is 0 Å². The highest BCUT2D eigenvalue weighted by Gasteiger charge is 2.10. The van der Waals surface area contributed by atoms with Gasteiger partial charge in [0.1, 0.15) is 0 Å². The van der Waals surface area contributed by atoms with Gasteiger partial charge in [-0.2, -0.15) is 0 Å². The third kappa shape index (κ3) is 2.36. The Balaban J connectivity index is 2.65. The van der Waals surface area contributed by atoms with Gasteiger partial charge in [0.15, 0.2) is 0 Å². The van der Waals surface area contributed by atoms with E-state index >= 15 is 0 Å². The fraction of sp³-hybridized carbons (Fsp3) is 0.231. The SMILES string of the molecule is CC(C)c1cnc(=O)[nH]c1-c1cccc(N)c1. The van der Waals surface area contributed by atoms with Gasteiger partial charge in [0, 0.05) is 17.4 Å². The summed E-state index contributed by atoms with van der Waals surface area (Å²) < 4.78 is 0. The molecule has 0 fully saturated rings. The number of H-pyrrole nitrogens is 1. The van der Waals surface area contributed by atoms with E-state index in [0.717, 1.165) is 16.8 Å². The van der Waals surface area contributed by atoms with Gasteiger partial charge >= 0.3 is 5.69 Å². The van der Waals surface area contributed by atoms with Crippen LogP contribution in [0.4, 0.5) is 5.69 Å². The molecule has 0 saturated heterocycles. The maximum absolute atomic E-state index is 11.3. The summed E-state index contributed by atoms with van der Waals surface area (Å²) in [6, 6.07) is 7.45. The minimum atomic E-state index is -0.341. The van der Waals surface area contributed by atoms with Crippen molar-refractivity contribution in [2.24, 2.45) is 0 Å².